The molecule has 0 spiro atoms. The third kappa shape index (κ3) is 5.67. The maximum Gasteiger partial charge on any atom is 0.326 e. The second-order valence-corrected chi connectivity index (χ2v) is 8.80. The van der Waals surface area contributed by atoms with Gasteiger partial charge in [-0.1, -0.05) is 23.9 Å². The number of carbonyl (C=O) groups is 3. The SMILES string of the molecule is Cc1nc2ccc(CN(C)C3=CCC(C(=O)N[C@@H](CCC(=O)O)C(=O)O)S3)cc2c(=O)[nH]1. The van der Waals surface area contributed by atoms with Crippen LogP contribution >= 0.6 is 11.8 Å². The minimum Gasteiger partial charge on any atom is -0.481 e. The number of nitrogens with one attached hydrogen (secondary N) is 2. The number of hydrogen-bond acceptors (Lipinski definition) is 7. The van der Waals surface area contributed by atoms with E-state index in [1.165, 1.54) is 11.8 Å². The molecule has 0 bridgehead atoms. The van der Waals surface area contributed by atoms with E-state index < -0.39 is 29.1 Å². The van der Waals surface area contributed by atoms with Crippen molar-refractivity contribution in [2.45, 2.75) is 44.0 Å². The van der Waals surface area contributed by atoms with E-state index in [4.69, 9.17) is 5.11 Å². The summed E-state index contributed by atoms with van der Waals surface area (Å²) < 4.78 is 0. The first-order chi connectivity index (χ1) is 15.1. The van der Waals surface area contributed by atoms with Crippen LogP contribution in [0.4, 0.5) is 0 Å². The van der Waals surface area contributed by atoms with E-state index in [2.05, 4.69) is 15.3 Å². The van der Waals surface area contributed by atoms with Gasteiger partial charge in [0, 0.05) is 20.0 Å². The van der Waals surface area contributed by atoms with Crippen molar-refractivity contribution in [1.82, 2.24) is 20.2 Å². The van der Waals surface area contributed by atoms with Crippen molar-refractivity contribution in [3.63, 3.8) is 0 Å². The second kappa shape index (κ2) is 9.86. The number of carbonyl (C=O) groups excluding carboxylic acids is 1. The molecule has 1 amide bonds. The molecule has 1 aromatic heterocycles. The number of carboxylic acids is 2. The number of hydrogen-bond donors (Lipinski definition) is 4. The predicted octanol–water partition coefficient (Wildman–Crippen LogP) is 1.44. The number of aryl methyl sites for hydroxylation is 1. The Labute approximate surface area is 187 Å². The Bertz CT molecular complexity index is 1140. The van der Waals surface area contributed by atoms with Crippen LogP contribution in [0.5, 0.6) is 0 Å². The first kappa shape index (κ1) is 23.3. The van der Waals surface area contributed by atoms with Gasteiger partial charge in [-0.15, -0.1) is 0 Å². The molecule has 0 radical (unpaired) electrons. The summed E-state index contributed by atoms with van der Waals surface area (Å²) in [4.78, 5) is 55.7. The van der Waals surface area contributed by atoms with Crippen LogP contribution in [-0.2, 0) is 20.9 Å². The molecule has 2 heterocycles. The van der Waals surface area contributed by atoms with Gasteiger partial charge in [0.25, 0.3) is 5.56 Å². The molecule has 1 aromatic carbocycles. The Morgan fingerprint density at radius 1 is 1.34 bits per heavy atom. The van der Waals surface area contributed by atoms with Crippen molar-refractivity contribution >= 4 is 40.5 Å². The topological polar surface area (TPSA) is 153 Å². The number of benzene rings is 1. The number of H-pyrrole nitrogens is 1. The highest BCUT2D eigenvalue weighted by Crippen LogP contribution is 2.35. The van der Waals surface area contributed by atoms with Gasteiger partial charge >= 0.3 is 11.9 Å². The molecule has 10 nitrogen and oxygen atoms in total. The highest BCUT2D eigenvalue weighted by atomic mass is 32.2. The summed E-state index contributed by atoms with van der Waals surface area (Å²) in [6.07, 6.45) is 1.82. The van der Waals surface area contributed by atoms with E-state index in [-0.39, 0.29) is 18.4 Å². The highest BCUT2D eigenvalue weighted by molar-refractivity contribution is 8.04. The highest BCUT2D eigenvalue weighted by Gasteiger charge is 2.30. The minimum atomic E-state index is -1.26. The van der Waals surface area contributed by atoms with Crippen LogP contribution < -0.4 is 10.9 Å². The van der Waals surface area contributed by atoms with E-state index in [1.807, 2.05) is 24.1 Å². The molecule has 11 heteroatoms. The quantitative estimate of drug-likeness (QED) is 0.435. The van der Waals surface area contributed by atoms with Gasteiger partial charge in [-0.3, -0.25) is 14.4 Å². The van der Waals surface area contributed by atoms with Crippen LogP contribution in [0.1, 0.15) is 30.7 Å². The first-order valence-electron chi connectivity index (χ1n) is 9.96. The average Bonchev–Trinajstić information content (AvgIpc) is 3.21. The second-order valence-electron chi connectivity index (χ2n) is 7.58. The molecule has 0 fully saturated rings. The summed E-state index contributed by atoms with van der Waals surface area (Å²) in [5, 5.41) is 21.3. The van der Waals surface area contributed by atoms with Crippen molar-refractivity contribution < 1.29 is 24.6 Å². The number of aliphatic carboxylic acids is 2. The summed E-state index contributed by atoms with van der Waals surface area (Å²) in [5.74, 6) is -2.26. The standard InChI is InChI=1S/C21H24N4O6S/c1-11-22-14-4-3-12(9-13(14)19(28)23-11)10-25(2)17-7-6-16(32-17)20(29)24-15(21(30)31)5-8-18(26)27/h3-4,7,9,15-16H,5-6,8,10H2,1-2H3,(H,24,29)(H,26,27)(H,30,31)(H,22,23,28)/t15-,16?/m0/s1. The summed E-state index contributed by atoms with van der Waals surface area (Å²) >= 11 is 1.32. The predicted molar refractivity (Wildman–Crippen MR) is 119 cm³/mol. The molecule has 4 N–H and O–H groups in total. The number of allylic oxidation sites excluding steroid dienone is 1. The van der Waals surface area contributed by atoms with Crippen molar-refractivity contribution in [2.24, 2.45) is 0 Å². The lowest BCUT2D eigenvalue weighted by Crippen LogP contribution is -2.44. The fourth-order valence-corrected chi connectivity index (χ4v) is 4.49. The largest absolute Gasteiger partial charge is 0.481 e. The van der Waals surface area contributed by atoms with Gasteiger partial charge < -0.3 is 25.4 Å². The molecule has 0 aliphatic carbocycles. The summed E-state index contributed by atoms with van der Waals surface area (Å²) in [7, 11) is 1.87. The van der Waals surface area contributed by atoms with Gasteiger partial charge in [-0.2, -0.15) is 0 Å². The zero-order valence-electron chi connectivity index (χ0n) is 17.6. The maximum absolute atomic E-state index is 12.5. The summed E-state index contributed by atoms with van der Waals surface area (Å²) in [5.41, 5.74) is 1.34. The number of thioether (sulfide) groups is 1. The molecule has 1 aliphatic rings. The molecule has 1 aliphatic heterocycles. The maximum atomic E-state index is 12.5. The van der Waals surface area contributed by atoms with Crippen molar-refractivity contribution in [3.8, 4) is 0 Å². The van der Waals surface area contributed by atoms with Gasteiger partial charge in [0.15, 0.2) is 0 Å². The first-order valence-corrected chi connectivity index (χ1v) is 10.8. The van der Waals surface area contributed by atoms with Crippen LogP contribution in [0.25, 0.3) is 10.9 Å². The molecule has 170 valence electrons. The van der Waals surface area contributed by atoms with Crippen LogP contribution in [0.3, 0.4) is 0 Å². The van der Waals surface area contributed by atoms with E-state index in [0.29, 0.717) is 29.7 Å². The Hall–Kier alpha value is -3.34. The fraction of sp³-hybridized carbons (Fsp3) is 0.381. The molecule has 0 saturated heterocycles. The molecule has 3 rings (SSSR count). The zero-order chi connectivity index (χ0) is 23.4. The van der Waals surface area contributed by atoms with E-state index in [1.54, 1.807) is 19.1 Å². The Morgan fingerprint density at radius 2 is 2.09 bits per heavy atom. The number of carboxylic acid groups (broad SMARTS) is 2. The smallest absolute Gasteiger partial charge is 0.326 e. The molecule has 2 aromatic rings. The normalized spacial score (nSPS) is 16.4. The molecule has 2 atom stereocenters. The van der Waals surface area contributed by atoms with E-state index in [9.17, 15) is 24.3 Å². The fourth-order valence-electron chi connectivity index (χ4n) is 3.40. The van der Waals surface area contributed by atoms with Crippen LogP contribution in [-0.4, -0.2) is 61.3 Å². The molecular formula is C21H24N4O6S. The number of aromatic amines is 1. The number of aromatic nitrogens is 2. The monoisotopic (exact) mass is 460 g/mol. The van der Waals surface area contributed by atoms with Crippen molar-refractivity contribution in [1.29, 1.82) is 0 Å². The van der Waals surface area contributed by atoms with E-state index >= 15 is 0 Å². The minimum absolute atomic E-state index is 0.177. The van der Waals surface area contributed by atoms with Crippen LogP contribution in [0.15, 0.2) is 34.1 Å². The number of fused-ring (bicyclic) bond motifs is 1. The number of amides is 1. The Morgan fingerprint density at radius 3 is 2.78 bits per heavy atom. The lowest BCUT2D eigenvalue weighted by atomic mass is 10.1. The third-order valence-electron chi connectivity index (χ3n) is 5.01. The Balaban J connectivity index is 1.60. The van der Waals surface area contributed by atoms with Gasteiger partial charge in [0.2, 0.25) is 5.91 Å². The van der Waals surface area contributed by atoms with Gasteiger partial charge in [0.05, 0.1) is 21.2 Å². The molecular weight excluding hydrogens is 436 g/mol. The van der Waals surface area contributed by atoms with E-state index in [0.717, 1.165) is 10.6 Å². The Kier molecular flexibility index (Phi) is 7.18. The average molecular weight is 461 g/mol. The van der Waals surface area contributed by atoms with Crippen LogP contribution in [0.2, 0.25) is 0 Å². The van der Waals surface area contributed by atoms with Crippen molar-refractivity contribution in [3.05, 3.63) is 51.0 Å². The molecule has 0 saturated carbocycles. The molecule has 32 heavy (non-hydrogen) atoms. The van der Waals surface area contributed by atoms with Gasteiger partial charge in [-0.25, -0.2) is 9.78 Å². The number of nitrogens with zero attached hydrogens (tertiary/aromatic N) is 2. The molecule has 1 unspecified atom stereocenters. The zero-order valence-corrected chi connectivity index (χ0v) is 18.4. The van der Waals surface area contributed by atoms with Gasteiger partial charge in [-0.05, 0) is 37.5 Å². The summed E-state index contributed by atoms with van der Waals surface area (Å²) in [6, 6.07) is 4.25. The van der Waals surface area contributed by atoms with Gasteiger partial charge in [0.1, 0.15) is 11.9 Å². The van der Waals surface area contributed by atoms with Crippen molar-refractivity contribution in [2.75, 3.05) is 7.05 Å². The lowest BCUT2D eigenvalue weighted by Gasteiger charge is -2.22. The number of rotatable bonds is 9. The lowest BCUT2D eigenvalue weighted by molar-refractivity contribution is -0.143. The van der Waals surface area contributed by atoms with Crippen LogP contribution in [0, 0.1) is 6.92 Å². The summed E-state index contributed by atoms with van der Waals surface area (Å²) in [6.45, 7) is 2.23. The third-order valence-corrected chi connectivity index (χ3v) is 6.42.